The molecule has 0 aromatic heterocycles. The van der Waals surface area contributed by atoms with E-state index in [0.717, 1.165) is 29.9 Å². The van der Waals surface area contributed by atoms with Gasteiger partial charge in [-0.2, -0.15) is 0 Å². The Morgan fingerprint density at radius 3 is 2.44 bits per heavy atom. The SMILES string of the molecule is COc1cc(/C=C/[C@@H]2CCC=C[C@H]2c2ccc(OC)c(OC)c2)ccc1O. The fourth-order valence-corrected chi connectivity index (χ4v) is 3.52. The molecule has 0 spiro atoms. The third-order valence-electron chi connectivity index (χ3n) is 5.00. The van der Waals surface area contributed by atoms with Crippen LogP contribution in [-0.4, -0.2) is 26.4 Å². The Labute approximate surface area is 160 Å². The van der Waals surface area contributed by atoms with Gasteiger partial charge >= 0.3 is 0 Å². The lowest BCUT2D eigenvalue weighted by atomic mass is 9.79. The average molecular weight is 366 g/mol. The first-order valence-corrected chi connectivity index (χ1v) is 9.10. The summed E-state index contributed by atoms with van der Waals surface area (Å²) in [6.07, 6.45) is 11.0. The Hall–Kier alpha value is -2.88. The van der Waals surface area contributed by atoms with Crippen LogP contribution in [0.4, 0.5) is 0 Å². The van der Waals surface area contributed by atoms with Gasteiger partial charge < -0.3 is 19.3 Å². The maximum Gasteiger partial charge on any atom is 0.161 e. The maximum atomic E-state index is 9.75. The van der Waals surface area contributed by atoms with Crippen molar-refractivity contribution in [2.45, 2.75) is 18.8 Å². The van der Waals surface area contributed by atoms with Gasteiger partial charge in [0.25, 0.3) is 0 Å². The van der Waals surface area contributed by atoms with Crippen LogP contribution in [0.1, 0.15) is 29.9 Å². The highest BCUT2D eigenvalue weighted by Gasteiger charge is 2.22. The largest absolute Gasteiger partial charge is 0.504 e. The zero-order valence-electron chi connectivity index (χ0n) is 16.0. The number of phenols is 1. The molecule has 1 aliphatic rings. The third-order valence-corrected chi connectivity index (χ3v) is 5.00. The summed E-state index contributed by atoms with van der Waals surface area (Å²) in [6.45, 7) is 0. The molecular formula is C23H26O4. The van der Waals surface area contributed by atoms with Gasteiger partial charge in [0.2, 0.25) is 0 Å². The van der Waals surface area contributed by atoms with E-state index in [4.69, 9.17) is 14.2 Å². The van der Waals surface area contributed by atoms with Crippen molar-refractivity contribution < 1.29 is 19.3 Å². The van der Waals surface area contributed by atoms with Gasteiger partial charge in [-0.15, -0.1) is 0 Å². The van der Waals surface area contributed by atoms with E-state index in [9.17, 15) is 5.11 Å². The molecule has 2 aromatic carbocycles. The van der Waals surface area contributed by atoms with Gasteiger partial charge in [0.1, 0.15) is 0 Å². The van der Waals surface area contributed by atoms with Crippen LogP contribution in [0.15, 0.2) is 54.6 Å². The van der Waals surface area contributed by atoms with Crippen molar-refractivity contribution in [2.75, 3.05) is 21.3 Å². The van der Waals surface area contributed by atoms with E-state index in [-0.39, 0.29) is 11.7 Å². The molecule has 4 nitrogen and oxygen atoms in total. The number of methoxy groups -OCH3 is 3. The molecule has 1 N–H and O–H groups in total. The highest BCUT2D eigenvalue weighted by molar-refractivity contribution is 5.56. The maximum absolute atomic E-state index is 9.75. The number of benzene rings is 2. The van der Waals surface area contributed by atoms with Crippen LogP contribution in [-0.2, 0) is 0 Å². The van der Waals surface area contributed by atoms with Crippen molar-refractivity contribution in [1.29, 1.82) is 0 Å². The van der Waals surface area contributed by atoms with Gasteiger partial charge in [-0.1, -0.05) is 36.4 Å². The molecule has 0 amide bonds. The van der Waals surface area contributed by atoms with Crippen molar-refractivity contribution >= 4 is 6.08 Å². The molecule has 0 fully saturated rings. The van der Waals surface area contributed by atoms with E-state index in [0.29, 0.717) is 11.7 Å². The van der Waals surface area contributed by atoms with Gasteiger partial charge in [0.05, 0.1) is 21.3 Å². The van der Waals surface area contributed by atoms with Crippen LogP contribution in [0.3, 0.4) is 0 Å². The number of ether oxygens (including phenoxy) is 3. The minimum atomic E-state index is 0.151. The molecule has 0 bridgehead atoms. The first kappa shape index (κ1) is 18.9. The summed E-state index contributed by atoms with van der Waals surface area (Å²) in [5.41, 5.74) is 2.21. The minimum absolute atomic E-state index is 0.151. The highest BCUT2D eigenvalue weighted by atomic mass is 16.5. The molecule has 0 unspecified atom stereocenters. The summed E-state index contributed by atoms with van der Waals surface area (Å²) in [5.74, 6) is 2.79. The Kier molecular flexibility index (Phi) is 6.07. The molecule has 0 aliphatic heterocycles. The smallest absolute Gasteiger partial charge is 0.161 e. The van der Waals surface area contributed by atoms with Gasteiger partial charge in [-0.25, -0.2) is 0 Å². The fourth-order valence-electron chi connectivity index (χ4n) is 3.52. The molecular weight excluding hydrogens is 340 g/mol. The first-order valence-electron chi connectivity index (χ1n) is 9.10. The van der Waals surface area contributed by atoms with E-state index < -0.39 is 0 Å². The standard InChI is InChI=1S/C23H26O4/c1-25-21-13-11-18(15-23(21)27-3)19-7-5-4-6-17(19)10-8-16-9-12-20(24)22(14-16)26-2/h5,7-15,17,19,24H,4,6H2,1-3H3/b10-8+/t17-,19+/m0/s1. The second-order valence-corrected chi connectivity index (χ2v) is 6.60. The van der Waals surface area contributed by atoms with Crippen LogP contribution >= 0.6 is 0 Å². The molecule has 2 atom stereocenters. The Morgan fingerprint density at radius 1 is 0.926 bits per heavy atom. The van der Waals surface area contributed by atoms with E-state index in [1.807, 2.05) is 18.2 Å². The Morgan fingerprint density at radius 2 is 1.70 bits per heavy atom. The summed E-state index contributed by atoms with van der Waals surface area (Å²) in [7, 11) is 4.87. The molecule has 0 heterocycles. The Bertz CT molecular complexity index is 838. The number of phenolic OH excluding ortho intramolecular Hbond substituents is 1. The summed E-state index contributed by atoms with van der Waals surface area (Å²) >= 11 is 0. The molecule has 27 heavy (non-hydrogen) atoms. The lowest BCUT2D eigenvalue weighted by molar-refractivity contribution is 0.354. The summed E-state index contributed by atoms with van der Waals surface area (Å²) < 4.78 is 16.0. The van der Waals surface area contributed by atoms with Gasteiger partial charge in [0.15, 0.2) is 23.0 Å². The summed E-state index contributed by atoms with van der Waals surface area (Å²) in [4.78, 5) is 0. The number of hydrogen-bond acceptors (Lipinski definition) is 4. The van der Waals surface area contributed by atoms with Crippen molar-refractivity contribution in [1.82, 2.24) is 0 Å². The van der Waals surface area contributed by atoms with E-state index in [1.165, 1.54) is 5.56 Å². The second-order valence-electron chi connectivity index (χ2n) is 6.60. The fraction of sp³-hybridized carbons (Fsp3) is 0.304. The molecule has 4 heteroatoms. The summed E-state index contributed by atoms with van der Waals surface area (Å²) in [6, 6.07) is 11.5. The van der Waals surface area contributed by atoms with Crippen LogP contribution in [0.5, 0.6) is 23.0 Å². The predicted octanol–water partition coefficient (Wildman–Crippen LogP) is 5.18. The number of allylic oxidation sites excluding steroid dienone is 3. The van der Waals surface area contributed by atoms with Crippen LogP contribution in [0.25, 0.3) is 6.08 Å². The van der Waals surface area contributed by atoms with Gasteiger partial charge in [-0.05, 0) is 54.2 Å². The van der Waals surface area contributed by atoms with E-state index in [2.05, 4.69) is 36.4 Å². The van der Waals surface area contributed by atoms with E-state index >= 15 is 0 Å². The summed E-state index contributed by atoms with van der Waals surface area (Å²) in [5, 5.41) is 9.75. The number of hydrogen-bond donors (Lipinski definition) is 1. The third kappa shape index (κ3) is 4.27. The molecule has 0 saturated heterocycles. The van der Waals surface area contributed by atoms with Crippen molar-refractivity contribution in [3.63, 3.8) is 0 Å². The van der Waals surface area contributed by atoms with Crippen molar-refractivity contribution in [3.05, 3.63) is 65.8 Å². The molecule has 2 aromatic rings. The van der Waals surface area contributed by atoms with Crippen LogP contribution in [0, 0.1) is 5.92 Å². The highest BCUT2D eigenvalue weighted by Crippen LogP contribution is 2.38. The topological polar surface area (TPSA) is 47.9 Å². The normalized spacial score (nSPS) is 19.2. The second kappa shape index (κ2) is 8.67. The number of aromatic hydroxyl groups is 1. The van der Waals surface area contributed by atoms with Crippen molar-refractivity contribution in [2.24, 2.45) is 5.92 Å². The zero-order valence-corrected chi connectivity index (χ0v) is 16.0. The van der Waals surface area contributed by atoms with Gasteiger partial charge in [-0.3, -0.25) is 0 Å². The minimum Gasteiger partial charge on any atom is -0.504 e. The van der Waals surface area contributed by atoms with Crippen LogP contribution < -0.4 is 14.2 Å². The average Bonchev–Trinajstić information content (AvgIpc) is 2.72. The molecule has 142 valence electrons. The van der Waals surface area contributed by atoms with Gasteiger partial charge in [0, 0.05) is 5.92 Å². The lowest BCUT2D eigenvalue weighted by Crippen LogP contribution is -2.12. The first-order chi connectivity index (χ1) is 13.2. The monoisotopic (exact) mass is 366 g/mol. The molecule has 0 radical (unpaired) electrons. The molecule has 3 rings (SSSR count). The number of rotatable bonds is 6. The molecule has 0 saturated carbocycles. The lowest BCUT2D eigenvalue weighted by Gasteiger charge is -2.26. The van der Waals surface area contributed by atoms with Crippen molar-refractivity contribution in [3.8, 4) is 23.0 Å². The Balaban J connectivity index is 1.85. The molecule has 1 aliphatic carbocycles. The van der Waals surface area contributed by atoms with E-state index in [1.54, 1.807) is 27.4 Å². The zero-order chi connectivity index (χ0) is 19.2. The quantitative estimate of drug-likeness (QED) is 0.716. The predicted molar refractivity (Wildman–Crippen MR) is 108 cm³/mol. The van der Waals surface area contributed by atoms with Crippen LogP contribution in [0.2, 0.25) is 0 Å².